The SMILES string of the molecule is CCCc1csc(NC(=O)N2CC[C@]3(CCN(C)C3)C2)n1. The van der Waals surface area contributed by atoms with Crippen LogP contribution in [0.15, 0.2) is 5.38 Å². The molecule has 3 heterocycles. The third kappa shape index (κ3) is 3.21. The van der Waals surface area contributed by atoms with Crippen LogP contribution in [0.25, 0.3) is 0 Å². The maximum absolute atomic E-state index is 12.4. The van der Waals surface area contributed by atoms with Gasteiger partial charge in [0.2, 0.25) is 0 Å². The van der Waals surface area contributed by atoms with Crippen LogP contribution in [0.3, 0.4) is 0 Å². The van der Waals surface area contributed by atoms with E-state index in [0.717, 1.165) is 56.3 Å². The Morgan fingerprint density at radius 2 is 2.24 bits per heavy atom. The number of amides is 2. The van der Waals surface area contributed by atoms with Crippen LogP contribution in [0.4, 0.5) is 9.93 Å². The molecule has 2 fully saturated rings. The molecule has 2 aliphatic heterocycles. The Bertz CT molecular complexity index is 518. The number of carbonyl (C=O) groups is 1. The summed E-state index contributed by atoms with van der Waals surface area (Å²) in [6.07, 6.45) is 4.40. The Balaban J connectivity index is 1.56. The van der Waals surface area contributed by atoms with Gasteiger partial charge in [-0.05, 0) is 32.9 Å². The topological polar surface area (TPSA) is 48.5 Å². The average molecular weight is 308 g/mol. The molecule has 2 amide bonds. The van der Waals surface area contributed by atoms with Crippen molar-refractivity contribution >= 4 is 22.5 Å². The molecule has 0 saturated carbocycles. The predicted octanol–water partition coefficient (Wildman–Crippen LogP) is 2.66. The Kier molecular flexibility index (Phi) is 4.17. The number of hydrogen-bond donors (Lipinski definition) is 1. The number of aromatic nitrogens is 1. The second kappa shape index (κ2) is 5.93. The Labute approximate surface area is 130 Å². The van der Waals surface area contributed by atoms with Crippen molar-refractivity contribution in [2.24, 2.45) is 5.41 Å². The van der Waals surface area contributed by atoms with Gasteiger partial charge in [-0.25, -0.2) is 9.78 Å². The first kappa shape index (κ1) is 14.8. The molecule has 2 aliphatic rings. The number of nitrogens with one attached hydrogen (secondary N) is 1. The molecule has 1 spiro atoms. The number of carbonyl (C=O) groups excluding carboxylic acids is 1. The predicted molar refractivity (Wildman–Crippen MR) is 85.9 cm³/mol. The molecule has 0 unspecified atom stereocenters. The molecule has 0 aliphatic carbocycles. The normalized spacial score (nSPS) is 25.9. The van der Waals surface area contributed by atoms with E-state index < -0.39 is 0 Å². The minimum absolute atomic E-state index is 0.0128. The molecule has 5 nitrogen and oxygen atoms in total. The summed E-state index contributed by atoms with van der Waals surface area (Å²) in [7, 11) is 2.17. The summed E-state index contributed by atoms with van der Waals surface area (Å²) in [6.45, 7) is 6.17. The van der Waals surface area contributed by atoms with Crippen molar-refractivity contribution < 1.29 is 4.79 Å². The van der Waals surface area contributed by atoms with Gasteiger partial charge in [-0.15, -0.1) is 11.3 Å². The fourth-order valence-corrected chi connectivity index (χ4v) is 4.24. The lowest BCUT2D eigenvalue weighted by Crippen LogP contribution is -2.36. The molecule has 1 atom stereocenters. The number of anilines is 1. The summed E-state index contributed by atoms with van der Waals surface area (Å²) in [5.41, 5.74) is 1.41. The second-order valence-electron chi connectivity index (χ2n) is 6.48. The molecule has 1 aromatic heterocycles. The van der Waals surface area contributed by atoms with Crippen molar-refractivity contribution in [2.45, 2.75) is 32.6 Å². The van der Waals surface area contributed by atoms with E-state index in [1.54, 1.807) is 0 Å². The Hall–Kier alpha value is -1.14. The lowest BCUT2D eigenvalue weighted by molar-refractivity contribution is 0.212. The van der Waals surface area contributed by atoms with Crippen molar-refractivity contribution in [1.82, 2.24) is 14.8 Å². The first-order valence-electron chi connectivity index (χ1n) is 7.79. The molecule has 0 bridgehead atoms. The van der Waals surface area contributed by atoms with E-state index >= 15 is 0 Å². The van der Waals surface area contributed by atoms with Gasteiger partial charge in [0.1, 0.15) is 0 Å². The highest BCUT2D eigenvalue weighted by Crippen LogP contribution is 2.39. The lowest BCUT2D eigenvalue weighted by atomic mass is 9.86. The number of thiazole rings is 1. The Morgan fingerprint density at radius 1 is 1.43 bits per heavy atom. The molecule has 6 heteroatoms. The third-order valence-corrected chi connectivity index (χ3v) is 5.43. The highest BCUT2D eigenvalue weighted by atomic mass is 32.1. The van der Waals surface area contributed by atoms with Crippen LogP contribution in [0.5, 0.6) is 0 Å². The summed E-state index contributed by atoms with van der Waals surface area (Å²) in [5.74, 6) is 0. The third-order valence-electron chi connectivity index (χ3n) is 4.63. The highest BCUT2D eigenvalue weighted by Gasteiger charge is 2.43. The number of urea groups is 1. The fourth-order valence-electron chi connectivity index (χ4n) is 3.51. The maximum atomic E-state index is 12.4. The zero-order chi connectivity index (χ0) is 14.9. The van der Waals surface area contributed by atoms with Gasteiger partial charge in [-0.2, -0.15) is 0 Å². The smallest absolute Gasteiger partial charge is 0.323 e. The first-order valence-corrected chi connectivity index (χ1v) is 8.67. The fraction of sp³-hybridized carbons (Fsp3) is 0.733. The number of likely N-dealkylation sites (tertiary alicyclic amines) is 2. The van der Waals surface area contributed by atoms with Crippen LogP contribution in [-0.4, -0.2) is 54.0 Å². The summed E-state index contributed by atoms with van der Waals surface area (Å²) >= 11 is 1.52. The van der Waals surface area contributed by atoms with Crippen LogP contribution in [0.2, 0.25) is 0 Å². The molecule has 2 saturated heterocycles. The van der Waals surface area contributed by atoms with Gasteiger partial charge in [0, 0.05) is 30.4 Å². The van der Waals surface area contributed by atoms with Gasteiger partial charge < -0.3 is 9.80 Å². The molecule has 3 rings (SSSR count). The standard InChI is InChI=1S/C15H24N4OS/c1-3-4-12-9-21-13(16-12)17-14(20)19-8-6-15(11-19)5-7-18(2)10-15/h9H,3-8,10-11H2,1-2H3,(H,16,17,20)/t15-/m0/s1. The van der Waals surface area contributed by atoms with E-state index in [2.05, 4.69) is 29.2 Å². The van der Waals surface area contributed by atoms with E-state index in [1.165, 1.54) is 17.8 Å². The highest BCUT2D eigenvalue weighted by molar-refractivity contribution is 7.13. The van der Waals surface area contributed by atoms with Gasteiger partial charge in [0.05, 0.1) is 5.69 Å². The maximum Gasteiger partial charge on any atom is 0.323 e. The first-order chi connectivity index (χ1) is 10.1. The quantitative estimate of drug-likeness (QED) is 0.934. The Morgan fingerprint density at radius 3 is 2.95 bits per heavy atom. The van der Waals surface area contributed by atoms with Crippen LogP contribution in [-0.2, 0) is 6.42 Å². The van der Waals surface area contributed by atoms with E-state index in [-0.39, 0.29) is 6.03 Å². The van der Waals surface area contributed by atoms with Gasteiger partial charge in [-0.1, -0.05) is 13.3 Å². The summed E-state index contributed by atoms with van der Waals surface area (Å²) in [4.78, 5) is 21.2. The molecule has 0 radical (unpaired) electrons. The second-order valence-corrected chi connectivity index (χ2v) is 7.34. The minimum Gasteiger partial charge on any atom is -0.324 e. The van der Waals surface area contributed by atoms with Crippen molar-refractivity contribution in [1.29, 1.82) is 0 Å². The van der Waals surface area contributed by atoms with Crippen molar-refractivity contribution in [2.75, 3.05) is 38.5 Å². The largest absolute Gasteiger partial charge is 0.324 e. The van der Waals surface area contributed by atoms with Gasteiger partial charge in [-0.3, -0.25) is 5.32 Å². The molecular weight excluding hydrogens is 284 g/mol. The van der Waals surface area contributed by atoms with Crippen molar-refractivity contribution in [3.63, 3.8) is 0 Å². The summed E-state index contributed by atoms with van der Waals surface area (Å²) in [5, 5.41) is 5.73. The molecule has 1 aromatic rings. The van der Waals surface area contributed by atoms with Gasteiger partial charge in [0.15, 0.2) is 5.13 Å². The van der Waals surface area contributed by atoms with Crippen LogP contribution in [0, 0.1) is 5.41 Å². The van der Waals surface area contributed by atoms with Crippen molar-refractivity contribution in [3.05, 3.63) is 11.1 Å². The van der Waals surface area contributed by atoms with Crippen molar-refractivity contribution in [3.8, 4) is 0 Å². The zero-order valence-corrected chi connectivity index (χ0v) is 13.7. The van der Waals surface area contributed by atoms with Gasteiger partial charge in [0.25, 0.3) is 0 Å². The summed E-state index contributed by atoms with van der Waals surface area (Å²) < 4.78 is 0. The number of rotatable bonds is 3. The van der Waals surface area contributed by atoms with E-state index in [4.69, 9.17) is 0 Å². The molecule has 0 aromatic carbocycles. The molecular formula is C15H24N4OS. The molecule has 116 valence electrons. The zero-order valence-electron chi connectivity index (χ0n) is 12.9. The molecule has 21 heavy (non-hydrogen) atoms. The monoisotopic (exact) mass is 308 g/mol. The minimum atomic E-state index is 0.0128. The van der Waals surface area contributed by atoms with Crippen LogP contribution in [0.1, 0.15) is 31.9 Å². The number of hydrogen-bond acceptors (Lipinski definition) is 4. The van der Waals surface area contributed by atoms with E-state index in [1.807, 2.05) is 10.3 Å². The van der Waals surface area contributed by atoms with Crippen LogP contribution < -0.4 is 5.32 Å². The van der Waals surface area contributed by atoms with E-state index in [9.17, 15) is 4.79 Å². The van der Waals surface area contributed by atoms with Crippen LogP contribution >= 0.6 is 11.3 Å². The lowest BCUT2D eigenvalue weighted by Gasteiger charge is -2.23. The average Bonchev–Trinajstić information content (AvgIpc) is 3.14. The number of aryl methyl sites for hydroxylation is 1. The number of nitrogens with zero attached hydrogens (tertiary/aromatic N) is 3. The van der Waals surface area contributed by atoms with Gasteiger partial charge >= 0.3 is 6.03 Å². The molecule has 1 N–H and O–H groups in total. The summed E-state index contributed by atoms with van der Waals surface area (Å²) in [6, 6.07) is 0.0128. The van der Waals surface area contributed by atoms with E-state index in [0.29, 0.717) is 5.41 Å².